The lowest BCUT2D eigenvalue weighted by Crippen LogP contribution is -2.33. The molecule has 102 valence electrons. The number of halogens is 2. The van der Waals surface area contributed by atoms with Gasteiger partial charge in [-0.25, -0.2) is 0 Å². The fourth-order valence-electron chi connectivity index (χ4n) is 2.19. The number of carbonyl (C=O) groups excluding carboxylic acids is 2. The van der Waals surface area contributed by atoms with Crippen LogP contribution < -0.4 is 0 Å². The molecule has 1 aliphatic heterocycles. The highest BCUT2D eigenvalue weighted by atomic mass is 79.9. The van der Waals surface area contributed by atoms with Crippen molar-refractivity contribution < 1.29 is 9.59 Å². The van der Waals surface area contributed by atoms with Gasteiger partial charge in [-0.3, -0.25) is 14.5 Å². The van der Waals surface area contributed by atoms with Gasteiger partial charge in [0.15, 0.2) is 0 Å². The van der Waals surface area contributed by atoms with Crippen LogP contribution in [0.25, 0.3) is 0 Å². The number of imide groups is 1. The normalized spacial score (nSPS) is 19.3. The minimum absolute atomic E-state index is 0.0921. The Kier molecular flexibility index (Phi) is 4.31. The monoisotopic (exact) mass is 343 g/mol. The van der Waals surface area contributed by atoms with Crippen molar-refractivity contribution in [3.8, 4) is 0 Å². The van der Waals surface area contributed by atoms with Crippen molar-refractivity contribution >= 4 is 39.3 Å². The van der Waals surface area contributed by atoms with Crippen LogP contribution in [0.4, 0.5) is 0 Å². The minimum Gasteiger partial charge on any atom is -0.278 e. The van der Waals surface area contributed by atoms with Gasteiger partial charge in [-0.05, 0) is 46.0 Å². The number of rotatable bonds is 2. The molecular weight excluding hydrogens is 330 g/mol. The predicted octanol–water partition coefficient (Wildman–Crippen LogP) is 3.75. The van der Waals surface area contributed by atoms with E-state index in [1.54, 1.807) is 18.2 Å². The predicted molar refractivity (Wildman–Crippen MR) is 78.1 cm³/mol. The Morgan fingerprint density at radius 3 is 2.68 bits per heavy atom. The van der Waals surface area contributed by atoms with E-state index in [2.05, 4.69) is 29.8 Å². The summed E-state index contributed by atoms with van der Waals surface area (Å²) in [5, 5.41) is 0.552. The summed E-state index contributed by atoms with van der Waals surface area (Å²) >= 11 is 9.17. The van der Waals surface area contributed by atoms with E-state index in [9.17, 15) is 9.59 Å². The Hall–Kier alpha value is -0.870. The molecule has 19 heavy (non-hydrogen) atoms. The molecule has 1 atom stereocenters. The molecule has 1 fully saturated rings. The molecule has 1 heterocycles. The van der Waals surface area contributed by atoms with Gasteiger partial charge in [0, 0.05) is 22.5 Å². The molecule has 0 saturated carbocycles. The summed E-state index contributed by atoms with van der Waals surface area (Å²) in [6, 6.07) is 4.96. The van der Waals surface area contributed by atoms with Crippen molar-refractivity contribution in [3.05, 3.63) is 33.3 Å². The first-order valence-electron chi connectivity index (χ1n) is 6.20. The van der Waals surface area contributed by atoms with Crippen LogP contribution in [0.2, 0.25) is 5.02 Å². The van der Waals surface area contributed by atoms with Crippen LogP contribution in [0.5, 0.6) is 0 Å². The lowest BCUT2D eigenvalue weighted by molar-refractivity contribution is -0.125. The summed E-state index contributed by atoms with van der Waals surface area (Å²) in [5.74, 6) is 0.306. The molecule has 1 aromatic carbocycles. The number of hydrogen-bond acceptors (Lipinski definition) is 2. The molecule has 1 unspecified atom stereocenters. The zero-order valence-electron chi connectivity index (χ0n) is 10.8. The van der Waals surface area contributed by atoms with Crippen LogP contribution in [0.15, 0.2) is 22.7 Å². The molecule has 0 bridgehead atoms. The van der Waals surface area contributed by atoms with Gasteiger partial charge in [0.05, 0.1) is 5.56 Å². The van der Waals surface area contributed by atoms with E-state index in [4.69, 9.17) is 11.6 Å². The van der Waals surface area contributed by atoms with Crippen molar-refractivity contribution in [2.45, 2.75) is 20.3 Å². The molecule has 0 radical (unpaired) electrons. The third kappa shape index (κ3) is 3.00. The first-order chi connectivity index (χ1) is 8.90. The molecule has 0 aromatic heterocycles. The van der Waals surface area contributed by atoms with Crippen LogP contribution >= 0.6 is 27.5 Å². The Bertz CT molecular complexity index is 530. The number of hydrogen-bond donors (Lipinski definition) is 0. The SMILES string of the molecule is CC(C)C1CC(=O)N(C(=O)c2ccc(Cl)cc2Br)C1. The minimum atomic E-state index is -0.253. The third-order valence-corrected chi connectivity index (χ3v) is 4.40. The van der Waals surface area contributed by atoms with Crippen molar-refractivity contribution in [1.82, 2.24) is 4.90 Å². The number of carbonyl (C=O) groups is 2. The van der Waals surface area contributed by atoms with Crippen molar-refractivity contribution in [2.24, 2.45) is 11.8 Å². The fourth-order valence-corrected chi connectivity index (χ4v) is 3.04. The van der Waals surface area contributed by atoms with Crippen molar-refractivity contribution in [2.75, 3.05) is 6.54 Å². The van der Waals surface area contributed by atoms with Gasteiger partial charge in [-0.1, -0.05) is 25.4 Å². The summed E-state index contributed by atoms with van der Waals surface area (Å²) in [6.45, 7) is 4.65. The van der Waals surface area contributed by atoms with Crippen LogP contribution in [-0.4, -0.2) is 23.3 Å². The number of nitrogens with zero attached hydrogens (tertiary/aromatic N) is 1. The van der Waals surface area contributed by atoms with Gasteiger partial charge in [-0.15, -0.1) is 0 Å². The topological polar surface area (TPSA) is 37.4 Å². The fraction of sp³-hybridized carbons (Fsp3) is 0.429. The Morgan fingerprint density at radius 2 is 2.16 bits per heavy atom. The quantitative estimate of drug-likeness (QED) is 0.766. The van der Waals surface area contributed by atoms with Crippen molar-refractivity contribution in [1.29, 1.82) is 0 Å². The van der Waals surface area contributed by atoms with E-state index in [0.717, 1.165) is 0 Å². The highest BCUT2D eigenvalue weighted by Crippen LogP contribution is 2.28. The van der Waals surface area contributed by atoms with E-state index in [-0.39, 0.29) is 17.7 Å². The summed E-state index contributed by atoms with van der Waals surface area (Å²) in [5.41, 5.74) is 0.474. The number of amides is 2. The van der Waals surface area contributed by atoms with E-state index in [0.29, 0.717) is 33.9 Å². The molecule has 1 aromatic rings. The maximum absolute atomic E-state index is 12.4. The van der Waals surface area contributed by atoms with E-state index >= 15 is 0 Å². The van der Waals surface area contributed by atoms with Crippen molar-refractivity contribution in [3.63, 3.8) is 0 Å². The van der Waals surface area contributed by atoms with E-state index in [1.165, 1.54) is 4.90 Å². The number of benzene rings is 1. The first-order valence-corrected chi connectivity index (χ1v) is 7.37. The van der Waals surface area contributed by atoms with Gasteiger partial charge < -0.3 is 0 Å². The highest BCUT2D eigenvalue weighted by molar-refractivity contribution is 9.10. The number of likely N-dealkylation sites (tertiary alicyclic amines) is 1. The molecule has 0 spiro atoms. The zero-order chi connectivity index (χ0) is 14.2. The largest absolute Gasteiger partial charge is 0.278 e. The van der Waals surface area contributed by atoms with E-state index < -0.39 is 0 Å². The first kappa shape index (κ1) is 14.5. The van der Waals surface area contributed by atoms with Gasteiger partial charge in [0.1, 0.15) is 0 Å². The average Bonchev–Trinajstić information content (AvgIpc) is 2.71. The van der Waals surface area contributed by atoms with Crippen LogP contribution in [0.1, 0.15) is 30.6 Å². The van der Waals surface area contributed by atoms with Gasteiger partial charge in [0.25, 0.3) is 5.91 Å². The third-order valence-electron chi connectivity index (χ3n) is 3.50. The molecule has 0 aliphatic carbocycles. The standard InChI is InChI=1S/C14H15BrClNO2/c1-8(2)9-5-13(18)17(7-9)14(19)11-4-3-10(16)6-12(11)15/h3-4,6,8-9H,5,7H2,1-2H3. The Balaban J connectivity index is 2.23. The summed E-state index contributed by atoms with van der Waals surface area (Å²) in [4.78, 5) is 25.7. The van der Waals surface area contributed by atoms with Crippen LogP contribution in [-0.2, 0) is 4.79 Å². The zero-order valence-corrected chi connectivity index (χ0v) is 13.2. The molecule has 2 amide bonds. The lowest BCUT2D eigenvalue weighted by Gasteiger charge is -2.17. The second-order valence-electron chi connectivity index (χ2n) is 5.14. The van der Waals surface area contributed by atoms with Gasteiger partial charge >= 0.3 is 0 Å². The smallest absolute Gasteiger partial charge is 0.261 e. The highest BCUT2D eigenvalue weighted by Gasteiger charge is 2.36. The molecule has 5 heteroatoms. The summed E-state index contributed by atoms with van der Waals surface area (Å²) in [6.07, 6.45) is 0.453. The second-order valence-corrected chi connectivity index (χ2v) is 6.43. The molecule has 1 aliphatic rings. The summed E-state index contributed by atoms with van der Waals surface area (Å²) < 4.78 is 0.616. The molecule has 1 saturated heterocycles. The average molecular weight is 345 g/mol. The van der Waals surface area contributed by atoms with Gasteiger partial charge in [-0.2, -0.15) is 0 Å². The maximum atomic E-state index is 12.4. The Labute approximate surface area is 126 Å². The Morgan fingerprint density at radius 1 is 1.47 bits per heavy atom. The molecule has 3 nitrogen and oxygen atoms in total. The lowest BCUT2D eigenvalue weighted by atomic mass is 9.95. The molecular formula is C14H15BrClNO2. The van der Waals surface area contributed by atoms with Gasteiger partial charge in [0.2, 0.25) is 5.91 Å². The van der Waals surface area contributed by atoms with Crippen LogP contribution in [0, 0.1) is 11.8 Å². The molecule has 2 rings (SSSR count). The maximum Gasteiger partial charge on any atom is 0.261 e. The second kappa shape index (κ2) is 5.63. The molecule has 0 N–H and O–H groups in total. The van der Waals surface area contributed by atoms with E-state index in [1.807, 2.05) is 0 Å². The van der Waals surface area contributed by atoms with Crippen LogP contribution in [0.3, 0.4) is 0 Å². The summed E-state index contributed by atoms with van der Waals surface area (Å²) in [7, 11) is 0.